The molecule has 212 valence electrons. The molecule has 1 N–H and O–H groups in total. The first kappa shape index (κ1) is 34.7. The minimum absolute atomic E-state index is 0.357. The number of aliphatic hydroxyl groups is 1. The van der Waals surface area contributed by atoms with E-state index in [4.69, 9.17) is 26.2 Å². The summed E-state index contributed by atoms with van der Waals surface area (Å²) in [7, 11) is 1.94. The average Bonchev–Trinajstić information content (AvgIpc) is 3.38. The van der Waals surface area contributed by atoms with E-state index in [0.717, 1.165) is 32.1 Å². The molecule has 1 aromatic heterocycles. The second-order valence-corrected chi connectivity index (χ2v) is 10.2. The number of aromatic nitrogens is 2. The van der Waals surface area contributed by atoms with Crippen LogP contribution in [0.2, 0.25) is 0 Å². The topological polar surface area (TPSA) is 99.9 Å². The van der Waals surface area contributed by atoms with Crippen molar-refractivity contribution < 1.29 is 28.9 Å². The molecule has 0 bridgehead atoms. The number of ether oxygens (including phenoxy) is 3. The molecule has 0 aromatic carbocycles. The Hall–Kier alpha value is -2.32. The molecule has 0 aliphatic heterocycles. The predicted octanol–water partition coefficient (Wildman–Crippen LogP) is 6.92. The highest BCUT2D eigenvalue weighted by Crippen LogP contribution is 2.18. The van der Waals surface area contributed by atoms with E-state index in [9.17, 15) is 9.59 Å². The van der Waals surface area contributed by atoms with Gasteiger partial charge in [-0.1, -0.05) is 52.0 Å². The van der Waals surface area contributed by atoms with Crippen molar-refractivity contribution in [2.45, 2.75) is 66.2 Å². The lowest BCUT2D eigenvalue weighted by atomic mass is 9.95. The number of hydrogen-bond donors (Lipinski definition) is 1. The number of rotatable bonds is 7. The monoisotopic (exact) mass is 542 g/mol. The van der Waals surface area contributed by atoms with Crippen LogP contribution in [-0.2, 0) is 21.3 Å². The number of carbonyl (C=O) groups excluding carboxylic acids is 2. The molecule has 2 aliphatic carbocycles. The van der Waals surface area contributed by atoms with Crippen LogP contribution in [0.15, 0.2) is 43.0 Å². The van der Waals surface area contributed by atoms with Crippen LogP contribution in [0.25, 0.3) is 0 Å². The summed E-state index contributed by atoms with van der Waals surface area (Å²) < 4.78 is 16.3. The van der Waals surface area contributed by atoms with Crippen LogP contribution >= 0.6 is 11.6 Å². The summed E-state index contributed by atoms with van der Waals surface area (Å²) in [6, 6.07) is 0. The zero-order chi connectivity index (χ0) is 27.9. The van der Waals surface area contributed by atoms with Gasteiger partial charge in [-0.2, -0.15) is 0 Å². The van der Waals surface area contributed by atoms with Crippen LogP contribution in [0.3, 0.4) is 0 Å². The number of hydrogen-bond acceptors (Lipinski definition) is 7. The molecule has 37 heavy (non-hydrogen) atoms. The molecule has 0 radical (unpaired) electrons. The zero-order valence-electron chi connectivity index (χ0n) is 23.2. The van der Waals surface area contributed by atoms with Gasteiger partial charge in [0.15, 0.2) is 0 Å². The molecule has 2 unspecified atom stereocenters. The Morgan fingerprint density at radius 3 is 1.84 bits per heavy atom. The first-order valence-corrected chi connectivity index (χ1v) is 13.5. The minimum atomic E-state index is -0.723. The Balaban J connectivity index is 0.000000501. The Kier molecular flexibility index (Phi) is 21.4. The number of allylic oxidation sites excluding steroid dienone is 4. The molecule has 2 atom stereocenters. The summed E-state index contributed by atoms with van der Waals surface area (Å²) in [5.41, 5.74) is -0.723. The number of aryl methyl sites for hydroxylation is 1. The number of carbonyl (C=O) groups is 2. The summed E-state index contributed by atoms with van der Waals surface area (Å²) in [6.07, 6.45) is 20.1. The summed E-state index contributed by atoms with van der Waals surface area (Å²) in [5, 5.41) is 8.66. The van der Waals surface area contributed by atoms with E-state index in [1.165, 1.54) is 6.42 Å². The first-order valence-electron chi connectivity index (χ1n) is 13.1. The van der Waals surface area contributed by atoms with E-state index in [0.29, 0.717) is 50.1 Å². The maximum atomic E-state index is 11.1. The van der Waals surface area contributed by atoms with E-state index < -0.39 is 11.6 Å². The van der Waals surface area contributed by atoms with Crippen LogP contribution in [0.1, 0.15) is 66.2 Å². The van der Waals surface area contributed by atoms with Crippen molar-refractivity contribution in [2.24, 2.45) is 30.7 Å². The average molecular weight is 543 g/mol. The molecule has 1 aromatic rings. The smallest absolute Gasteiger partial charge is 0.453 e. The van der Waals surface area contributed by atoms with E-state index in [2.05, 4.69) is 34.0 Å². The Labute approximate surface area is 228 Å². The zero-order valence-corrected chi connectivity index (χ0v) is 23.9. The largest absolute Gasteiger partial charge is 0.508 e. The number of nitrogens with zero attached hydrogens (tertiary/aromatic N) is 2. The van der Waals surface area contributed by atoms with Gasteiger partial charge in [-0.15, -0.1) is 0 Å². The summed E-state index contributed by atoms with van der Waals surface area (Å²) in [6.45, 7) is 9.58. The first-order chi connectivity index (χ1) is 17.6. The lowest BCUT2D eigenvalue weighted by molar-refractivity contribution is 0.0365. The second-order valence-electron chi connectivity index (χ2n) is 9.92. The van der Waals surface area contributed by atoms with Crippen LogP contribution in [0, 0.1) is 23.7 Å². The summed E-state index contributed by atoms with van der Waals surface area (Å²) in [4.78, 5) is 24.8. The van der Waals surface area contributed by atoms with E-state index in [-0.39, 0.29) is 0 Å². The maximum Gasteiger partial charge on any atom is 0.508 e. The number of halogens is 1. The van der Waals surface area contributed by atoms with Crippen molar-refractivity contribution in [3.8, 4) is 0 Å². The van der Waals surface area contributed by atoms with Crippen molar-refractivity contribution in [1.29, 1.82) is 0 Å². The van der Waals surface area contributed by atoms with Gasteiger partial charge in [-0.3, -0.25) is 0 Å². The lowest BCUT2D eigenvalue weighted by Gasteiger charge is -2.17. The van der Waals surface area contributed by atoms with Crippen LogP contribution in [0.4, 0.5) is 9.59 Å². The fourth-order valence-corrected chi connectivity index (χ4v) is 3.11. The number of imidazole rings is 1. The molecule has 9 heteroatoms. The van der Waals surface area contributed by atoms with Gasteiger partial charge in [0, 0.05) is 37.6 Å². The van der Waals surface area contributed by atoms with Gasteiger partial charge in [0.25, 0.3) is 0 Å². The molecule has 0 spiro atoms. The molecule has 0 saturated heterocycles. The van der Waals surface area contributed by atoms with E-state index in [1.54, 1.807) is 12.5 Å². The fraction of sp³-hybridized carbons (Fsp3) is 0.679. The van der Waals surface area contributed by atoms with Crippen LogP contribution in [-0.4, -0.2) is 52.7 Å². The van der Waals surface area contributed by atoms with Crippen molar-refractivity contribution in [1.82, 2.24) is 9.55 Å². The molecule has 2 aliphatic rings. The quantitative estimate of drug-likeness (QED) is 0.226. The third-order valence-electron chi connectivity index (χ3n) is 5.15. The van der Waals surface area contributed by atoms with Gasteiger partial charge in [0.1, 0.15) is 0 Å². The summed E-state index contributed by atoms with van der Waals surface area (Å²) in [5.74, 6) is 1.74. The van der Waals surface area contributed by atoms with Gasteiger partial charge in [-0.25, -0.2) is 14.6 Å². The third-order valence-corrected chi connectivity index (χ3v) is 5.26. The molecular weight excluding hydrogens is 496 g/mol. The Morgan fingerprint density at radius 1 is 0.946 bits per heavy atom. The molecular formula is C28H47ClN2O6. The highest BCUT2D eigenvalue weighted by Gasteiger charge is 2.13. The molecule has 0 fully saturated rings. The van der Waals surface area contributed by atoms with Crippen LogP contribution < -0.4 is 0 Å². The minimum Gasteiger partial charge on any atom is -0.453 e. The van der Waals surface area contributed by atoms with Crippen molar-refractivity contribution in [2.75, 3.05) is 26.4 Å². The highest BCUT2D eigenvalue weighted by atomic mass is 35.5. The fourth-order valence-electron chi connectivity index (χ4n) is 3.05. The molecule has 0 amide bonds. The normalized spacial score (nSPS) is 17.9. The Morgan fingerprint density at radius 2 is 1.51 bits per heavy atom. The molecule has 8 nitrogen and oxygen atoms in total. The molecule has 1 heterocycles. The van der Waals surface area contributed by atoms with Crippen molar-refractivity contribution in [3.63, 3.8) is 0 Å². The highest BCUT2D eigenvalue weighted by molar-refractivity contribution is 6.61. The molecule has 3 rings (SSSR count). The maximum absolute atomic E-state index is 11.1. The molecule has 0 saturated carbocycles. The standard InChI is InChI=1S/C12H20O3.C7H12O.C5H9ClO2.C4H6N2/c1-10(2)8-14-12(13)15-9-11-6-4-3-5-7-11;8-6-7-4-2-1-3-5-7;1-4(2)3-8-5(6)7;1-6-3-2-5-4-6/h3-4,10-11H,5-9H2,1-2H3;1-2,7-8H,3-6H2;4H,3H2,1-2H3;2-4H,1H3. The van der Waals surface area contributed by atoms with Crippen LogP contribution in [0.5, 0.6) is 0 Å². The Bertz CT molecular complexity index is 750. The van der Waals surface area contributed by atoms with E-state index >= 15 is 0 Å². The lowest BCUT2D eigenvalue weighted by Crippen LogP contribution is -2.17. The van der Waals surface area contributed by atoms with Gasteiger partial charge >= 0.3 is 11.6 Å². The van der Waals surface area contributed by atoms with Crippen molar-refractivity contribution in [3.05, 3.63) is 43.0 Å². The summed E-state index contributed by atoms with van der Waals surface area (Å²) >= 11 is 4.86. The van der Waals surface area contributed by atoms with Gasteiger partial charge in [0.05, 0.1) is 26.1 Å². The van der Waals surface area contributed by atoms with E-state index in [1.807, 2.05) is 45.5 Å². The number of aliphatic hydroxyl groups excluding tert-OH is 1. The third kappa shape index (κ3) is 23.8. The second kappa shape index (κ2) is 22.8. The van der Waals surface area contributed by atoms with Gasteiger partial charge in [0.2, 0.25) is 0 Å². The van der Waals surface area contributed by atoms with Gasteiger partial charge < -0.3 is 23.9 Å². The SMILES string of the molecule is CC(C)COC(=O)Cl.CC(C)COC(=O)OCC1CC=CCC1.Cn1ccnc1.OCC1CC=CCC1. The van der Waals surface area contributed by atoms with Crippen molar-refractivity contribution >= 4 is 23.2 Å². The predicted molar refractivity (Wildman–Crippen MR) is 147 cm³/mol. The van der Waals surface area contributed by atoms with Gasteiger partial charge in [-0.05, 0) is 62.2 Å².